The lowest BCUT2D eigenvalue weighted by Gasteiger charge is -2.35. The van der Waals surface area contributed by atoms with E-state index in [0.29, 0.717) is 49.4 Å². The van der Waals surface area contributed by atoms with E-state index in [9.17, 15) is 28.1 Å². The summed E-state index contributed by atoms with van der Waals surface area (Å²) in [6, 6.07) is 9.65. The summed E-state index contributed by atoms with van der Waals surface area (Å²) in [6.45, 7) is 3.74. The maximum atomic E-state index is 12.9. The van der Waals surface area contributed by atoms with Gasteiger partial charge < -0.3 is 4.90 Å². The summed E-state index contributed by atoms with van der Waals surface area (Å²) in [5, 5.41) is 11.1. The molecule has 29 heavy (non-hydrogen) atoms. The predicted octanol–water partition coefficient (Wildman–Crippen LogP) is 3.88. The number of carbonyl (C=O) groups is 1. The van der Waals surface area contributed by atoms with Crippen molar-refractivity contribution in [3.05, 3.63) is 74.8 Å². The third-order valence-corrected chi connectivity index (χ3v) is 5.05. The Morgan fingerprint density at radius 2 is 1.76 bits per heavy atom. The lowest BCUT2D eigenvalue weighted by molar-refractivity contribution is -0.385. The van der Waals surface area contributed by atoms with Crippen LogP contribution in [0.25, 0.3) is 0 Å². The largest absolute Gasteiger partial charge is 0.416 e. The molecule has 0 unspecified atom stereocenters. The molecule has 2 aromatic rings. The van der Waals surface area contributed by atoms with Crippen molar-refractivity contribution in [3.63, 3.8) is 0 Å². The van der Waals surface area contributed by atoms with Gasteiger partial charge in [-0.15, -0.1) is 0 Å². The summed E-state index contributed by atoms with van der Waals surface area (Å²) in [7, 11) is 0. The van der Waals surface area contributed by atoms with Gasteiger partial charge in [-0.05, 0) is 24.6 Å². The normalized spacial score (nSPS) is 15.4. The minimum absolute atomic E-state index is 0.0981. The van der Waals surface area contributed by atoms with Crippen LogP contribution in [0, 0.1) is 17.0 Å². The van der Waals surface area contributed by atoms with Crippen LogP contribution in [0.3, 0.4) is 0 Å². The summed E-state index contributed by atoms with van der Waals surface area (Å²) < 4.78 is 38.6. The minimum Gasteiger partial charge on any atom is -0.336 e. The topological polar surface area (TPSA) is 66.7 Å². The predicted molar refractivity (Wildman–Crippen MR) is 100 cm³/mol. The van der Waals surface area contributed by atoms with E-state index in [2.05, 4.69) is 0 Å². The van der Waals surface area contributed by atoms with Gasteiger partial charge in [0.05, 0.1) is 10.5 Å². The number of rotatable bonds is 4. The third-order valence-electron chi connectivity index (χ3n) is 5.05. The quantitative estimate of drug-likeness (QED) is 0.570. The molecule has 0 aromatic heterocycles. The van der Waals surface area contributed by atoms with Gasteiger partial charge in [0.15, 0.2) is 0 Å². The Labute approximate surface area is 165 Å². The maximum absolute atomic E-state index is 12.9. The van der Waals surface area contributed by atoms with Gasteiger partial charge in [-0.2, -0.15) is 13.2 Å². The second-order valence-corrected chi connectivity index (χ2v) is 6.97. The number of benzene rings is 2. The summed E-state index contributed by atoms with van der Waals surface area (Å²) >= 11 is 0. The molecule has 1 heterocycles. The second-order valence-electron chi connectivity index (χ2n) is 6.97. The van der Waals surface area contributed by atoms with E-state index in [0.717, 1.165) is 12.1 Å². The molecule has 0 radical (unpaired) electrons. The van der Waals surface area contributed by atoms with Crippen LogP contribution in [0.1, 0.15) is 27.0 Å². The Morgan fingerprint density at radius 3 is 2.38 bits per heavy atom. The number of nitrogens with zero attached hydrogens (tertiary/aromatic N) is 3. The van der Waals surface area contributed by atoms with E-state index in [1.54, 1.807) is 24.0 Å². The fraction of sp³-hybridized carbons (Fsp3) is 0.350. The lowest BCUT2D eigenvalue weighted by Crippen LogP contribution is -2.48. The molecule has 2 aromatic carbocycles. The Hall–Kier alpha value is -2.94. The molecule has 154 valence electrons. The third kappa shape index (κ3) is 4.73. The highest BCUT2D eigenvalue weighted by Crippen LogP contribution is 2.30. The first-order chi connectivity index (χ1) is 13.7. The van der Waals surface area contributed by atoms with E-state index >= 15 is 0 Å². The standard InChI is InChI=1S/C20H20F3N3O3/c1-14-17(6-3-7-18(14)26(28)29)19(27)25-10-8-24(9-11-25)13-15-4-2-5-16(12-15)20(21,22)23/h2-7,12H,8-11,13H2,1H3. The monoisotopic (exact) mass is 407 g/mol. The van der Waals surface area contributed by atoms with Crippen LogP contribution in [0.5, 0.6) is 0 Å². The minimum atomic E-state index is -4.38. The smallest absolute Gasteiger partial charge is 0.336 e. The van der Waals surface area contributed by atoms with Gasteiger partial charge in [0.25, 0.3) is 11.6 Å². The first-order valence-corrected chi connectivity index (χ1v) is 9.08. The number of piperazine rings is 1. The molecule has 6 nitrogen and oxygen atoms in total. The SMILES string of the molecule is Cc1c(C(=O)N2CCN(Cc3cccc(C(F)(F)F)c3)CC2)cccc1[N+](=O)[O-]. The number of nitro groups is 1. The number of alkyl halides is 3. The summed E-state index contributed by atoms with van der Waals surface area (Å²) in [6.07, 6.45) is -4.38. The number of amides is 1. The molecule has 3 rings (SSSR count). The van der Waals surface area contributed by atoms with Crippen LogP contribution < -0.4 is 0 Å². The Balaban J connectivity index is 1.63. The van der Waals surface area contributed by atoms with Crippen molar-refractivity contribution < 1.29 is 22.9 Å². The number of hydrogen-bond acceptors (Lipinski definition) is 4. The average Bonchev–Trinajstić information content (AvgIpc) is 2.67. The van der Waals surface area contributed by atoms with E-state index in [1.165, 1.54) is 18.2 Å². The molecule has 1 fully saturated rings. The molecule has 9 heteroatoms. The zero-order chi connectivity index (χ0) is 21.2. The van der Waals surface area contributed by atoms with Crippen LogP contribution >= 0.6 is 0 Å². The summed E-state index contributed by atoms with van der Waals surface area (Å²) in [4.78, 5) is 26.9. The molecule has 1 aliphatic heterocycles. The van der Waals surface area contributed by atoms with Crippen molar-refractivity contribution >= 4 is 11.6 Å². The molecular formula is C20H20F3N3O3. The van der Waals surface area contributed by atoms with E-state index in [-0.39, 0.29) is 11.6 Å². The first kappa shape index (κ1) is 20.8. The number of carbonyl (C=O) groups excluding carboxylic acids is 1. The van der Waals surface area contributed by atoms with Gasteiger partial charge in [-0.3, -0.25) is 19.8 Å². The molecule has 1 amide bonds. The first-order valence-electron chi connectivity index (χ1n) is 9.08. The highest BCUT2D eigenvalue weighted by atomic mass is 19.4. The molecule has 0 N–H and O–H groups in total. The van der Waals surface area contributed by atoms with E-state index in [4.69, 9.17) is 0 Å². The van der Waals surface area contributed by atoms with Gasteiger partial charge in [-0.1, -0.05) is 24.3 Å². The van der Waals surface area contributed by atoms with Gasteiger partial charge in [0.2, 0.25) is 0 Å². The highest BCUT2D eigenvalue weighted by molar-refractivity contribution is 5.96. The molecular weight excluding hydrogens is 387 g/mol. The molecule has 1 saturated heterocycles. The van der Waals surface area contributed by atoms with Crippen molar-refractivity contribution in [3.8, 4) is 0 Å². The van der Waals surface area contributed by atoms with Crippen molar-refractivity contribution in [2.24, 2.45) is 0 Å². The Bertz CT molecular complexity index is 923. The van der Waals surface area contributed by atoms with Gasteiger partial charge in [0.1, 0.15) is 0 Å². The lowest BCUT2D eigenvalue weighted by atomic mass is 10.0. The summed E-state index contributed by atoms with van der Waals surface area (Å²) in [5.74, 6) is -0.273. The zero-order valence-electron chi connectivity index (χ0n) is 15.8. The van der Waals surface area contributed by atoms with Crippen molar-refractivity contribution in [1.82, 2.24) is 9.80 Å². The molecule has 0 saturated carbocycles. The fourth-order valence-corrected chi connectivity index (χ4v) is 3.44. The van der Waals surface area contributed by atoms with E-state index in [1.807, 2.05) is 4.90 Å². The zero-order valence-corrected chi connectivity index (χ0v) is 15.8. The highest BCUT2D eigenvalue weighted by Gasteiger charge is 2.31. The van der Waals surface area contributed by atoms with E-state index < -0.39 is 16.7 Å². The Kier molecular flexibility index (Phi) is 5.88. The van der Waals surface area contributed by atoms with Crippen molar-refractivity contribution in [2.75, 3.05) is 26.2 Å². The molecule has 0 bridgehead atoms. The van der Waals surface area contributed by atoms with Gasteiger partial charge in [0, 0.05) is 49.9 Å². The molecule has 0 atom stereocenters. The second kappa shape index (κ2) is 8.20. The van der Waals surface area contributed by atoms with Gasteiger partial charge >= 0.3 is 6.18 Å². The van der Waals surface area contributed by atoms with Crippen LogP contribution in [-0.4, -0.2) is 46.8 Å². The fourth-order valence-electron chi connectivity index (χ4n) is 3.44. The van der Waals surface area contributed by atoms with Crippen molar-refractivity contribution in [1.29, 1.82) is 0 Å². The molecule has 1 aliphatic rings. The van der Waals surface area contributed by atoms with Crippen LogP contribution in [0.4, 0.5) is 18.9 Å². The van der Waals surface area contributed by atoms with Crippen LogP contribution in [-0.2, 0) is 12.7 Å². The average molecular weight is 407 g/mol. The molecule has 0 aliphatic carbocycles. The maximum Gasteiger partial charge on any atom is 0.416 e. The summed E-state index contributed by atoms with van der Waals surface area (Å²) in [5.41, 5.74) is 0.414. The van der Waals surface area contributed by atoms with Crippen LogP contribution in [0.2, 0.25) is 0 Å². The van der Waals surface area contributed by atoms with Gasteiger partial charge in [-0.25, -0.2) is 0 Å². The molecule has 0 spiro atoms. The van der Waals surface area contributed by atoms with Crippen molar-refractivity contribution in [2.45, 2.75) is 19.6 Å². The number of hydrogen-bond donors (Lipinski definition) is 0. The number of halogens is 3. The number of nitro benzene ring substituents is 1. The van der Waals surface area contributed by atoms with Crippen LogP contribution in [0.15, 0.2) is 42.5 Å². The Morgan fingerprint density at radius 1 is 1.10 bits per heavy atom.